The van der Waals surface area contributed by atoms with Crippen molar-refractivity contribution in [2.75, 3.05) is 0 Å². The Balaban J connectivity index is 1.82. The Morgan fingerprint density at radius 3 is 2.00 bits per heavy atom. The van der Waals surface area contributed by atoms with Gasteiger partial charge in [-0.05, 0) is 28.7 Å². The van der Waals surface area contributed by atoms with Crippen LogP contribution in [0.3, 0.4) is 0 Å². The van der Waals surface area contributed by atoms with Crippen molar-refractivity contribution < 1.29 is 0 Å². The molecule has 21 heavy (non-hydrogen) atoms. The van der Waals surface area contributed by atoms with Crippen LogP contribution in [0.25, 0.3) is 17.2 Å². The van der Waals surface area contributed by atoms with E-state index in [4.69, 9.17) is 0 Å². The van der Waals surface area contributed by atoms with Gasteiger partial charge in [0, 0.05) is 0 Å². The van der Waals surface area contributed by atoms with E-state index in [1.807, 2.05) is 6.07 Å². The average Bonchev–Trinajstić information content (AvgIpc) is 2.57. The smallest absolute Gasteiger partial charge is 0.00880 e. The van der Waals surface area contributed by atoms with Crippen molar-refractivity contribution in [2.45, 2.75) is 6.42 Å². The summed E-state index contributed by atoms with van der Waals surface area (Å²) in [6.07, 6.45) is 5.36. The van der Waals surface area contributed by atoms with Gasteiger partial charge in [-0.25, -0.2) is 0 Å². The molecule has 0 unspecified atom stereocenters. The van der Waals surface area contributed by atoms with Crippen LogP contribution in [0, 0.1) is 0 Å². The van der Waals surface area contributed by atoms with Gasteiger partial charge in [0.05, 0.1) is 0 Å². The molecule has 0 aliphatic rings. The van der Waals surface area contributed by atoms with Crippen LogP contribution < -0.4 is 0 Å². The highest BCUT2D eigenvalue weighted by atomic mass is 14.1. The molecule has 0 heterocycles. The molecular formula is C21H18. The Morgan fingerprint density at radius 2 is 1.24 bits per heavy atom. The van der Waals surface area contributed by atoms with Crippen LogP contribution in [0.15, 0.2) is 91.0 Å². The molecule has 0 bridgehead atoms. The molecule has 0 saturated heterocycles. The fourth-order valence-corrected chi connectivity index (χ4v) is 2.48. The predicted octanol–water partition coefficient (Wildman–Crippen LogP) is 5.61. The Morgan fingerprint density at radius 1 is 0.619 bits per heavy atom. The third-order valence-corrected chi connectivity index (χ3v) is 3.55. The minimum absolute atomic E-state index is 0.944. The van der Waals surface area contributed by atoms with Crippen molar-refractivity contribution in [3.8, 4) is 11.1 Å². The molecule has 0 atom stereocenters. The lowest BCUT2D eigenvalue weighted by Crippen LogP contribution is -1.87. The lowest BCUT2D eigenvalue weighted by atomic mass is 9.97. The summed E-state index contributed by atoms with van der Waals surface area (Å²) < 4.78 is 0. The minimum Gasteiger partial charge on any atom is -0.0795 e. The molecule has 0 radical (unpaired) electrons. The van der Waals surface area contributed by atoms with Crippen LogP contribution >= 0.6 is 0 Å². The molecule has 0 aromatic heterocycles. The SMILES string of the molecule is C(=C\c1ccccc1)/Cc1ccccc1-c1ccccc1. The van der Waals surface area contributed by atoms with Gasteiger partial charge in [0.15, 0.2) is 0 Å². The second-order valence-electron chi connectivity index (χ2n) is 5.04. The molecule has 0 amide bonds. The van der Waals surface area contributed by atoms with Crippen LogP contribution in [-0.2, 0) is 6.42 Å². The molecule has 3 rings (SSSR count). The van der Waals surface area contributed by atoms with E-state index in [0.29, 0.717) is 0 Å². The first-order valence-corrected chi connectivity index (χ1v) is 7.28. The minimum atomic E-state index is 0.944. The summed E-state index contributed by atoms with van der Waals surface area (Å²) in [5.41, 5.74) is 5.20. The quantitative estimate of drug-likeness (QED) is 0.578. The van der Waals surface area contributed by atoms with E-state index in [1.54, 1.807) is 0 Å². The highest BCUT2D eigenvalue weighted by Crippen LogP contribution is 2.24. The zero-order chi connectivity index (χ0) is 14.3. The maximum Gasteiger partial charge on any atom is -0.00880 e. The van der Waals surface area contributed by atoms with Gasteiger partial charge >= 0.3 is 0 Å². The van der Waals surface area contributed by atoms with E-state index >= 15 is 0 Å². The number of benzene rings is 3. The summed E-state index contributed by atoms with van der Waals surface area (Å²) in [6, 6.07) is 29.6. The van der Waals surface area contributed by atoms with Crippen LogP contribution in [-0.4, -0.2) is 0 Å². The highest BCUT2D eigenvalue weighted by Gasteiger charge is 2.02. The first-order valence-electron chi connectivity index (χ1n) is 7.28. The van der Waals surface area contributed by atoms with Crippen molar-refractivity contribution in [1.29, 1.82) is 0 Å². The van der Waals surface area contributed by atoms with Crippen LogP contribution in [0.1, 0.15) is 11.1 Å². The number of allylic oxidation sites excluding steroid dienone is 1. The van der Waals surface area contributed by atoms with Gasteiger partial charge < -0.3 is 0 Å². The zero-order valence-corrected chi connectivity index (χ0v) is 11.9. The Kier molecular flexibility index (Phi) is 4.28. The Bertz CT molecular complexity index is 709. The molecule has 102 valence electrons. The second kappa shape index (κ2) is 6.71. The zero-order valence-electron chi connectivity index (χ0n) is 11.9. The standard InChI is InChI=1S/C21H18/c1-3-10-18(11-4-1)12-9-16-20-15-7-8-17-21(20)19-13-5-2-6-14-19/h1-15,17H,16H2/b12-9+. The van der Waals surface area contributed by atoms with Crippen molar-refractivity contribution >= 4 is 6.08 Å². The van der Waals surface area contributed by atoms with E-state index in [-0.39, 0.29) is 0 Å². The normalized spacial score (nSPS) is 10.9. The third-order valence-electron chi connectivity index (χ3n) is 3.55. The molecule has 0 fully saturated rings. The van der Waals surface area contributed by atoms with E-state index in [2.05, 4.69) is 91.0 Å². The van der Waals surface area contributed by atoms with E-state index < -0.39 is 0 Å². The second-order valence-corrected chi connectivity index (χ2v) is 5.04. The number of rotatable bonds is 4. The molecule has 0 aliphatic heterocycles. The molecule has 3 aromatic rings. The van der Waals surface area contributed by atoms with Crippen LogP contribution in [0.2, 0.25) is 0 Å². The average molecular weight is 270 g/mol. The first kappa shape index (κ1) is 13.4. The van der Waals surface area contributed by atoms with Crippen LogP contribution in [0.5, 0.6) is 0 Å². The molecule has 0 saturated carbocycles. The maximum absolute atomic E-state index is 2.23. The molecule has 0 nitrogen and oxygen atoms in total. The summed E-state index contributed by atoms with van der Waals surface area (Å²) in [7, 11) is 0. The molecular weight excluding hydrogens is 252 g/mol. The monoisotopic (exact) mass is 270 g/mol. The third kappa shape index (κ3) is 3.49. The molecule has 0 heteroatoms. The summed E-state index contributed by atoms with van der Waals surface area (Å²) in [4.78, 5) is 0. The van der Waals surface area contributed by atoms with Gasteiger partial charge in [0.1, 0.15) is 0 Å². The molecule has 0 aliphatic carbocycles. The van der Waals surface area contributed by atoms with Crippen molar-refractivity contribution in [2.24, 2.45) is 0 Å². The summed E-state index contributed by atoms with van der Waals surface area (Å²) in [5, 5.41) is 0. The Hall–Kier alpha value is -2.60. The number of hydrogen-bond donors (Lipinski definition) is 0. The lowest BCUT2D eigenvalue weighted by molar-refractivity contribution is 1.28. The van der Waals surface area contributed by atoms with Crippen molar-refractivity contribution in [1.82, 2.24) is 0 Å². The molecule has 3 aromatic carbocycles. The van der Waals surface area contributed by atoms with Crippen molar-refractivity contribution in [3.63, 3.8) is 0 Å². The fourth-order valence-electron chi connectivity index (χ4n) is 2.48. The highest BCUT2D eigenvalue weighted by molar-refractivity contribution is 5.67. The Labute approximate surface area is 126 Å². The van der Waals surface area contributed by atoms with E-state index in [9.17, 15) is 0 Å². The first-order chi connectivity index (χ1) is 10.4. The predicted molar refractivity (Wildman–Crippen MR) is 91.1 cm³/mol. The lowest BCUT2D eigenvalue weighted by Gasteiger charge is -2.07. The summed E-state index contributed by atoms with van der Waals surface area (Å²) in [6.45, 7) is 0. The van der Waals surface area contributed by atoms with Gasteiger partial charge in [0.25, 0.3) is 0 Å². The van der Waals surface area contributed by atoms with Gasteiger partial charge in [-0.1, -0.05) is 97.1 Å². The van der Waals surface area contributed by atoms with E-state index in [0.717, 1.165) is 6.42 Å². The van der Waals surface area contributed by atoms with Gasteiger partial charge in [0.2, 0.25) is 0 Å². The molecule has 0 spiro atoms. The van der Waals surface area contributed by atoms with Crippen LogP contribution in [0.4, 0.5) is 0 Å². The van der Waals surface area contributed by atoms with Gasteiger partial charge in [-0.15, -0.1) is 0 Å². The summed E-state index contributed by atoms with van der Waals surface area (Å²) in [5.74, 6) is 0. The largest absolute Gasteiger partial charge is 0.0795 e. The topological polar surface area (TPSA) is 0 Å². The molecule has 0 N–H and O–H groups in total. The maximum atomic E-state index is 2.23. The van der Waals surface area contributed by atoms with Crippen molar-refractivity contribution in [3.05, 3.63) is 102 Å². The number of hydrogen-bond acceptors (Lipinski definition) is 0. The van der Waals surface area contributed by atoms with Gasteiger partial charge in [-0.2, -0.15) is 0 Å². The van der Waals surface area contributed by atoms with E-state index in [1.165, 1.54) is 22.3 Å². The van der Waals surface area contributed by atoms with Gasteiger partial charge in [-0.3, -0.25) is 0 Å². The fraction of sp³-hybridized carbons (Fsp3) is 0.0476. The summed E-state index contributed by atoms with van der Waals surface area (Å²) >= 11 is 0.